The predicted molar refractivity (Wildman–Crippen MR) is 99.7 cm³/mol. The van der Waals surface area contributed by atoms with E-state index >= 15 is 0 Å². The lowest BCUT2D eigenvalue weighted by molar-refractivity contribution is -0.137. The fourth-order valence-electron chi connectivity index (χ4n) is 2.96. The molecule has 1 aromatic rings. The third kappa shape index (κ3) is 5.80. The van der Waals surface area contributed by atoms with Crippen LogP contribution in [0.4, 0.5) is 13.2 Å². The lowest BCUT2D eigenvalue weighted by Crippen LogP contribution is -2.34. The minimum atomic E-state index is -4.46. The molecule has 0 aliphatic heterocycles. The van der Waals surface area contributed by atoms with Crippen LogP contribution in [0.1, 0.15) is 24.8 Å². The zero-order valence-electron chi connectivity index (χ0n) is 15.0. The van der Waals surface area contributed by atoms with E-state index in [1.807, 2.05) is 12.2 Å². The summed E-state index contributed by atoms with van der Waals surface area (Å²) in [5.74, 6) is 0. The molecule has 1 aliphatic carbocycles. The van der Waals surface area contributed by atoms with Crippen LogP contribution in [0.25, 0.3) is 6.20 Å². The second-order valence-corrected chi connectivity index (χ2v) is 6.45. The van der Waals surface area contributed by atoms with Crippen molar-refractivity contribution < 1.29 is 18.3 Å². The van der Waals surface area contributed by atoms with Crippen LogP contribution in [0, 0.1) is 5.41 Å². The van der Waals surface area contributed by atoms with Gasteiger partial charge in [-0.1, -0.05) is 31.4 Å². The van der Waals surface area contributed by atoms with Gasteiger partial charge in [0.05, 0.1) is 11.7 Å². The summed E-state index contributed by atoms with van der Waals surface area (Å²) in [4.78, 5) is 0. The predicted octanol–water partition coefficient (Wildman–Crippen LogP) is 3.63. The van der Waals surface area contributed by atoms with Crippen LogP contribution in [0.15, 0.2) is 60.9 Å². The molecule has 4 nitrogen and oxygen atoms in total. The number of pyridine rings is 1. The molecule has 0 saturated heterocycles. The highest BCUT2D eigenvalue weighted by Crippen LogP contribution is 2.28. The number of aromatic nitrogens is 1. The molecule has 0 fully saturated rings. The Morgan fingerprint density at radius 1 is 1.26 bits per heavy atom. The molecule has 0 radical (unpaired) electrons. The minimum Gasteiger partial charge on any atom is -0.391 e. The minimum absolute atomic E-state index is 0.0715. The van der Waals surface area contributed by atoms with Gasteiger partial charge in [-0.15, -0.1) is 0 Å². The monoisotopic (exact) mass is 379 g/mol. The summed E-state index contributed by atoms with van der Waals surface area (Å²) in [6.45, 7) is 7.94. The molecule has 27 heavy (non-hydrogen) atoms. The summed E-state index contributed by atoms with van der Waals surface area (Å²) in [6, 6.07) is 2.17. The summed E-state index contributed by atoms with van der Waals surface area (Å²) in [5.41, 5.74) is 1.41. The van der Waals surface area contributed by atoms with Crippen molar-refractivity contribution in [2.24, 2.45) is 0 Å². The Kier molecular flexibility index (Phi) is 6.98. The fourth-order valence-corrected chi connectivity index (χ4v) is 2.96. The van der Waals surface area contributed by atoms with Crippen molar-refractivity contribution in [3.05, 3.63) is 71.9 Å². The normalized spacial score (nSPS) is 16.9. The topological polar surface area (TPSA) is 61.0 Å². The van der Waals surface area contributed by atoms with Crippen LogP contribution in [-0.4, -0.2) is 28.4 Å². The first kappa shape index (κ1) is 20.9. The molecular formula is C20H24F3N3O. The first-order chi connectivity index (χ1) is 12.7. The van der Waals surface area contributed by atoms with E-state index in [4.69, 9.17) is 5.41 Å². The Labute approximate surface area is 156 Å². The number of allylic oxidation sites excluding steroid dienone is 2. The van der Waals surface area contributed by atoms with Gasteiger partial charge in [-0.3, -0.25) is 5.41 Å². The van der Waals surface area contributed by atoms with Crippen LogP contribution >= 0.6 is 0 Å². The Bertz CT molecular complexity index is 785. The van der Waals surface area contributed by atoms with E-state index < -0.39 is 17.8 Å². The third-order valence-corrected chi connectivity index (χ3v) is 4.46. The summed E-state index contributed by atoms with van der Waals surface area (Å²) in [6.07, 6.45) is 4.21. The van der Waals surface area contributed by atoms with Gasteiger partial charge in [-0.25, -0.2) is 0 Å². The Morgan fingerprint density at radius 3 is 2.44 bits per heavy atom. The molecule has 0 amide bonds. The molecule has 0 spiro atoms. The van der Waals surface area contributed by atoms with Crippen molar-refractivity contribution in [3.63, 3.8) is 0 Å². The van der Waals surface area contributed by atoms with Gasteiger partial charge in [0, 0.05) is 25.0 Å². The van der Waals surface area contributed by atoms with E-state index in [1.165, 1.54) is 6.20 Å². The smallest absolute Gasteiger partial charge is 0.391 e. The molecule has 7 heteroatoms. The number of halogens is 3. The quantitative estimate of drug-likeness (QED) is 0.646. The lowest BCUT2D eigenvalue weighted by Gasteiger charge is -2.16. The number of aliphatic hydroxyl groups is 1. The van der Waals surface area contributed by atoms with Crippen LogP contribution in [0.3, 0.4) is 0 Å². The van der Waals surface area contributed by atoms with Crippen molar-refractivity contribution in [1.29, 1.82) is 5.41 Å². The third-order valence-electron chi connectivity index (χ3n) is 4.46. The SMILES string of the molecule is C=CC1=C(C=C)CC(NCC(O)C/C=C/n2cc(C(F)(F)F)ccc2=N)C1. The first-order valence-corrected chi connectivity index (χ1v) is 8.63. The molecule has 1 heterocycles. The first-order valence-electron chi connectivity index (χ1n) is 8.63. The van der Waals surface area contributed by atoms with E-state index in [-0.39, 0.29) is 18.0 Å². The second kappa shape index (κ2) is 9.01. The van der Waals surface area contributed by atoms with E-state index in [9.17, 15) is 18.3 Å². The maximum absolute atomic E-state index is 12.7. The van der Waals surface area contributed by atoms with Gasteiger partial charge < -0.3 is 15.0 Å². The molecule has 3 N–H and O–H groups in total. The Morgan fingerprint density at radius 2 is 1.89 bits per heavy atom. The lowest BCUT2D eigenvalue weighted by atomic mass is 10.1. The highest BCUT2D eigenvalue weighted by Gasteiger charge is 2.30. The molecule has 0 aromatic carbocycles. The molecule has 1 unspecified atom stereocenters. The second-order valence-electron chi connectivity index (χ2n) is 6.45. The molecule has 2 rings (SSSR count). The zero-order chi connectivity index (χ0) is 20.0. The molecule has 1 aromatic heterocycles. The number of nitrogens with zero attached hydrogens (tertiary/aromatic N) is 1. The highest BCUT2D eigenvalue weighted by molar-refractivity contribution is 5.37. The number of rotatable bonds is 8. The van der Waals surface area contributed by atoms with E-state index in [1.54, 1.807) is 6.08 Å². The number of aliphatic hydroxyl groups excluding tert-OH is 1. The van der Waals surface area contributed by atoms with Crippen molar-refractivity contribution in [3.8, 4) is 0 Å². The van der Waals surface area contributed by atoms with Gasteiger partial charge in [0.25, 0.3) is 0 Å². The van der Waals surface area contributed by atoms with Gasteiger partial charge in [0.1, 0.15) is 5.49 Å². The van der Waals surface area contributed by atoms with Crippen LogP contribution in [0.5, 0.6) is 0 Å². The average Bonchev–Trinajstić information content (AvgIpc) is 3.03. The van der Waals surface area contributed by atoms with E-state index in [0.29, 0.717) is 6.54 Å². The summed E-state index contributed by atoms with van der Waals surface area (Å²) >= 11 is 0. The van der Waals surface area contributed by atoms with Crippen molar-refractivity contribution >= 4 is 6.20 Å². The molecule has 0 saturated carbocycles. The van der Waals surface area contributed by atoms with Crippen LogP contribution < -0.4 is 10.8 Å². The van der Waals surface area contributed by atoms with Gasteiger partial charge >= 0.3 is 6.18 Å². The fraction of sp³-hybridized carbons (Fsp3) is 0.350. The summed E-state index contributed by atoms with van der Waals surface area (Å²) in [7, 11) is 0. The standard InChI is InChI=1S/C20H24F3N3O/c1-3-14-10-17(11-15(14)4-2)25-12-18(27)6-5-9-26-13-16(20(21,22)23)7-8-19(26)24/h3-5,7-9,13,17-18,24-25,27H,1-2,6,10-12H2/b9-5+,24-19?. The zero-order valence-corrected chi connectivity index (χ0v) is 15.0. The van der Waals surface area contributed by atoms with Crippen molar-refractivity contribution in [2.45, 2.75) is 37.6 Å². The van der Waals surface area contributed by atoms with Crippen LogP contribution in [-0.2, 0) is 6.18 Å². The summed E-state index contributed by atoms with van der Waals surface area (Å²) in [5, 5.41) is 21.0. The molecule has 0 bridgehead atoms. The highest BCUT2D eigenvalue weighted by atomic mass is 19.4. The van der Waals surface area contributed by atoms with E-state index in [2.05, 4.69) is 18.5 Å². The average molecular weight is 379 g/mol. The maximum atomic E-state index is 12.7. The van der Waals surface area contributed by atoms with Gasteiger partial charge in [-0.2, -0.15) is 13.2 Å². The number of alkyl halides is 3. The van der Waals surface area contributed by atoms with Crippen LogP contribution in [0.2, 0.25) is 0 Å². The van der Waals surface area contributed by atoms with Gasteiger partial charge in [0.2, 0.25) is 0 Å². The Balaban J connectivity index is 1.86. The number of hydrogen-bond donors (Lipinski definition) is 3. The molecule has 1 atom stereocenters. The maximum Gasteiger partial charge on any atom is 0.417 e. The molecular weight excluding hydrogens is 355 g/mol. The Hall–Kier alpha value is -2.38. The number of hydrogen-bond acceptors (Lipinski definition) is 3. The van der Waals surface area contributed by atoms with Crippen molar-refractivity contribution in [2.75, 3.05) is 6.54 Å². The van der Waals surface area contributed by atoms with Gasteiger partial charge in [-0.05, 0) is 42.5 Å². The van der Waals surface area contributed by atoms with Gasteiger partial charge in [0.15, 0.2) is 0 Å². The largest absolute Gasteiger partial charge is 0.417 e. The summed E-state index contributed by atoms with van der Waals surface area (Å²) < 4.78 is 39.3. The number of nitrogens with one attached hydrogen (secondary N) is 2. The molecule has 1 aliphatic rings. The van der Waals surface area contributed by atoms with E-state index in [0.717, 1.165) is 46.9 Å². The van der Waals surface area contributed by atoms with Crippen molar-refractivity contribution in [1.82, 2.24) is 9.88 Å². The molecule has 146 valence electrons.